The van der Waals surface area contributed by atoms with Crippen LogP contribution in [0.4, 0.5) is 5.69 Å². The smallest absolute Gasteiger partial charge is 0.254 e. The second kappa shape index (κ2) is 6.87. The van der Waals surface area contributed by atoms with E-state index in [1.807, 2.05) is 56.4 Å². The van der Waals surface area contributed by atoms with E-state index in [0.29, 0.717) is 12.0 Å². The summed E-state index contributed by atoms with van der Waals surface area (Å²) in [5.74, 6) is 0.134. The van der Waals surface area contributed by atoms with Gasteiger partial charge in [0.25, 0.3) is 5.91 Å². The van der Waals surface area contributed by atoms with E-state index in [1.54, 1.807) is 21.9 Å². The van der Waals surface area contributed by atoms with Gasteiger partial charge in [-0.1, -0.05) is 30.3 Å². The SMILES string of the molecule is CC(c1ccccc1)N(C)C(=O)c1ccc(N2CCCC2=O)cc1. The van der Waals surface area contributed by atoms with E-state index in [9.17, 15) is 9.59 Å². The van der Waals surface area contributed by atoms with Crippen LogP contribution < -0.4 is 4.90 Å². The molecular formula is C20H22N2O2. The highest BCUT2D eigenvalue weighted by Gasteiger charge is 2.23. The van der Waals surface area contributed by atoms with Crippen LogP contribution in [0, 0.1) is 0 Å². The molecule has 124 valence electrons. The van der Waals surface area contributed by atoms with Crippen LogP contribution in [-0.2, 0) is 4.79 Å². The molecule has 2 aromatic rings. The zero-order chi connectivity index (χ0) is 17.1. The fourth-order valence-electron chi connectivity index (χ4n) is 3.04. The van der Waals surface area contributed by atoms with Crippen LogP contribution in [0.15, 0.2) is 54.6 Å². The van der Waals surface area contributed by atoms with Gasteiger partial charge in [-0.3, -0.25) is 9.59 Å². The molecule has 4 nitrogen and oxygen atoms in total. The lowest BCUT2D eigenvalue weighted by atomic mass is 10.1. The zero-order valence-electron chi connectivity index (χ0n) is 14.1. The lowest BCUT2D eigenvalue weighted by molar-refractivity contribution is -0.117. The summed E-state index contributed by atoms with van der Waals surface area (Å²) < 4.78 is 0. The standard InChI is InChI=1S/C20H22N2O2/c1-15(16-7-4-3-5-8-16)21(2)20(24)17-10-12-18(13-11-17)22-14-6-9-19(22)23/h3-5,7-8,10-13,15H,6,9,14H2,1-2H3. The monoisotopic (exact) mass is 322 g/mol. The van der Waals surface area contributed by atoms with Crippen LogP contribution in [0.5, 0.6) is 0 Å². The van der Waals surface area contributed by atoms with Crippen molar-refractivity contribution in [2.75, 3.05) is 18.5 Å². The number of carbonyl (C=O) groups is 2. The second-order valence-electron chi connectivity index (χ2n) is 6.20. The summed E-state index contributed by atoms with van der Waals surface area (Å²) in [6.45, 7) is 2.78. The topological polar surface area (TPSA) is 40.6 Å². The van der Waals surface area contributed by atoms with Crippen LogP contribution in [0.3, 0.4) is 0 Å². The molecule has 0 bridgehead atoms. The van der Waals surface area contributed by atoms with Crippen molar-refractivity contribution in [3.63, 3.8) is 0 Å². The van der Waals surface area contributed by atoms with Gasteiger partial charge in [0.1, 0.15) is 0 Å². The molecule has 1 fully saturated rings. The summed E-state index contributed by atoms with van der Waals surface area (Å²) in [6, 6.07) is 17.3. The Hall–Kier alpha value is -2.62. The Kier molecular flexibility index (Phi) is 4.65. The summed E-state index contributed by atoms with van der Waals surface area (Å²) in [4.78, 5) is 28.0. The first-order valence-electron chi connectivity index (χ1n) is 8.30. The van der Waals surface area contributed by atoms with Crippen LogP contribution in [-0.4, -0.2) is 30.3 Å². The molecule has 1 aliphatic rings. The highest BCUT2D eigenvalue weighted by atomic mass is 16.2. The fraction of sp³-hybridized carbons (Fsp3) is 0.300. The van der Waals surface area contributed by atoms with Crippen molar-refractivity contribution >= 4 is 17.5 Å². The molecule has 1 saturated heterocycles. The van der Waals surface area contributed by atoms with E-state index in [1.165, 1.54) is 0 Å². The van der Waals surface area contributed by atoms with Gasteiger partial charge in [-0.05, 0) is 43.2 Å². The Labute approximate surface area is 142 Å². The van der Waals surface area contributed by atoms with E-state index in [4.69, 9.17) is 0 Å². The third-order valence-corrected chi connectivity index (χ3v) is 4.68. The van der Waals surface area contributed by atoms with Crippen molar-refractivity contribution in [3.8, 4) is 0 Å². The first-order valence-corrected chi connectivity index (χ1v) is 8.30. The van der Waals surface area contributed by atoms with Crippen molar-refractivity contribution in [2.45, 2.75) is 25.8 Å². The summed E-state index contributed by atoms with van der Waals surface area (Å²) in [6.07, 6.45) is 1.51. The molecule has 2 aromatic carbocycles. The molecule has 1 heterocycles. The molecular weight excluding hydrogens is 300 g/mol. The van der Waals surface area contributed by atoms with Crippen LogP contribution in [0.25, 0.3) is 0 Å². The van der Waals surface area contributed by atoms with Crippen molar-refractivity contribution in [3.05, 3.63) is 65.7 Å². The number of nitrogens with zero attached hydrogens (tertiary/aromatic N) is 2. The number of rotatable bonds is 4. The van der Waals surface area contributed by atoms with Crippen molar-refractivity contribution in [2.24, 2.45) is 0 Å². The molecule has 0 aromatic heterocycles. The third-order valence-electron chi connectivity index (χ3n) is 4.68. The summed E-state index contributed by atoms with van der Waals surface area (Å²) in [5.41, 5.74) is 2.61. The van der Waals surface area contributed by atoms with Crippen molar-refractivity contribution in [1.82, 2.24) is 4.90 Å². The Morgan fingerprint density at radius 2 is 1.75 bits per heavy atom. The van der Waals surface area contributed by atoms with Gasteiger partial charge in [-0.2, -0.15) is 0 Å². The Morgan fingerprint density at radius 1 is 1.08 bits per heavy atom. The van der Waals surface area contributed by atoms with Gasteiger partial charge < -0.3 is 9.80 Å². The molecule has 4 heteroatoms. The lowest BCUT2D eigenvalue weighted by Crippen LogP contribution is -2.29. The number of hydrogen-bond acceptors (Lipinski definition) is 2. The second-order valence-corrected chi connectivity index (χ2v) is 6.20. The number of anilines is 1. The minimum Gasteiger partial charge on any atom is -0.335 e. The molecule has 24 heavy (non-hydrogen) atoms. The largest absolute Gasteiger partial charge is 0.335 e. The predicted molar refractivity (Wildman–Crippen MR) is 95.0 cm³/mol. The first-order chi connectivity index (χ1) is 11.6. The molecule has 3 rings (SSSR count). The van der Waals surface area contributed by atoms with Gasteiger partial charge in [0.2, 0.25) is 5.91 Å². The number of benzene rings is 2. The van der Waals surface area contributed by atoms with Crippen LogP contribution in [0.1, 0.15) is 41.7 Å². The molecule has 0 saturated carbocycles. The van der Waals surface area contributed by atoms with E-state index in [0.717, 1.165) is 24.2 Å². The van der Waals surface area contributed by atoms with Gasteiger partial charge in [0.05, 0.1) is 6.04 Å². The third kappa shape index (κ3) is 3.18. The minimum absolute atomic E-state index is 0.00136. The number of amides is 2. The fourth-order valence-corrected chi connectivity index (χ4v) is 3.04. The van der Waals surface area contributed by atoms with Gasteiger partial charge >= 0.3 is 0 Å². The van der Waals surface area contributed by atoms with E-state index >= 15 is 0 Å². The summed E-state index contributed by atoms with van der Waals surface area (Å²) in [5, 5.41) is 0. The Morgan fingerprint density at radius 3 is 2.33 bits per heavy atom. The van der Waals surface area contributed by atoms with Gasteiger partial charge in [-0.15, -0.1) is 0 Å². The van der Waals surface area contributed by atoms with Crippen LogP contribution >= 0.6 is 0 Å². The van der Waals surface area contributed by atoms with E-state index in [2.05, 4.69) is 0 Å². The van der Waals surface area contributed by atoms with Gasteiger partial charge in [-0.25, -0.2) is 0 Å². The summed E-state index contributed by atoms with van der Waals surface area (Å²) in [7, 11) is 1.82. The van der Waals surface area contributed by atoms with Crippen molar-refractivity contribution < 1.29 is 9.59 Å². The zero-order valence-corrected chi connectivity index (χ0v) is 14.1. The maximum atomic E-state index is 12.7. The van der Waals surface area contributed by atoms with E-state index in [-0.39, 0.29) is 17.9 Å². The molecule has 0 radical (unpaired) electrons. The predicted octanol–water partition coefficient (Wildman–Crippen LogP) is 3.65. The number of hydrogen-bond donors (Lipinski definition) is 0. The molecule has 2 amide bonds. The Bertz CT molecular complexity index is 725. The van der Waals surface area contributed by atoms with Crippen molar-refractivity contribution in [1.29, 1.82) is 0 Å². The average molecular weight is 322 g/mol. The molecule has 0 aliphatic carbocycles. The maximum absolute atomic E-state index is 12.7. The Balaban J connectivity index is 1.74. The van der Waals surface area contributed by atoms with Crippen LogP contribution in [0.2, 0.25) is 0 Å². The summed E-state index contributed by atoms with van der Waals surface area (Å²) >= 11 is 0. The molecule has 1 aliphatic heterocycles. The maximum Gasteiger partial charge on any atom is 0.254 e. The van der Waals surface area contributed by atoms with Gasteiger partial charge in [0, 0.05) is 31.3 Å². The molecule has 1 atom stereocenters. The molecule has 0 spiro atoms. The number of carbonyl (C=O) groups excluding carboxylic acids is 2. The molecule has 1 unspecified atom stereocenters. The molecule has 0 N–H and O–H groups in total. The highest BCUT2D eigenvalue weighted by Crippen LogP contribution is 2.24. The van der Waals surface area contributed by atoms with Gasteiger partial charge in [0.15, 0.2) is 0 Å². The lowest BCUT2D eigenvalue weighted by Gasteiger charge is -2.25. The normalized spacial score (nSPS) is 15.4. The first kappa shape index (κ1) is 16.2. The van der Waals surface area contributed by atoms with E-state index < -0.39 is 0 Å². The quantitative estimate of drug-likeness (QED) is 0.862. The average Bonchev–Trinajstić information content (AvgIpc) is 3.06. The minimum atomic E-state index is -0.0225. The highest BCUT2D eigenvalue weighted by molar-refractivity contribution is 5.97.